The first-order valence-electron chi connectivity index (χ1n) is 8.08. The molecule has 0 radical (unpaired) electrons. The first kappa shape index (κ1) is 14.7. The molecule has 0 amide bonds. The van der Waals surface area contributed by atoms with Crippen molar-refractivity contribution in [3.8, 4) is 11.8 Å². The van der Waals surface area contributed by atoms with Gasteiger partial charge in [-0.15, -0.1) is 0 Å². The van der Waals surface area contributed by atoms with Crippen LogP contribution in [0, 0.1) is 11.3 Å². The third-order valence-electron chi connectivity index (χ3n) is 4.61. The van der Waals surface area contributed by atoms with Gasteiger partial charge in [-0.2, -0.15) is 5.26 Å². The first-order chi connectivity index (χ1) is 11.8. The highest BCUT2D eigenvalue weighted by atomic mass is 16.5. The number of ether oxygens (including phenoxy) is 1. The fourth-order valence-corrected chi connectivity index (χ4v) is 3.22. The molecular formula is C19H18N4O. The number of para-hydroxylation sites is 1. The molecule has 1 N–H and O–H groups in total. The van der Waals surface area contributed by atoms with Gasteiger partial charge in [0.2, 0.25) is 0 Å². The SMILES string of the molecule is C[C@@H]1c2ccccc2O[C@@H]1CNCc1cnc2ccc(C#N)cn12. The summed E-state index contributed by atoms with van der Waals surface area (Å²) in [5, 5.41) is 12.5. The molecule has 0 unspecified atom stereocenters. The van der Waals surface area contributed by atoms with E-state index < -0.39 is 0 Å². The van der Waals surface area contributed by atoms with Crippen LogP contribution in [0.25, 0.3) is 5.65 Å². The summed E-state index contributed by atoms with van der Waals surface area (Å²) in [5.41, 5.74) is 3.79. The van der Waals surface area contributed by atoms with Gasteiger partial charge in [0, 0.05) is 30.8 Å². The Morgan fingerprint density at radius 1 is 1.29 bits per heavy atom. The quantitative estimate of drug-likeness (QED) is 0.803. The topological polar surface area (TPSA) is 62.3 Å². The van der Waals surface area contributed by atoms with Gasteiger partial charge in [-0.1, -0.05) is 25.1 Å². The number of pyridine rings is 1. The highest BCUT2D eigenvalue weighted by Crippen LogP contribution is 2.37. The van der Waals surface area contributed by atoms with Gasteiger partial charge in [-0.25, -0.2) is 4.98 Å². The van der Waals surface area contributed by atoms with Gasteiger partial charge in [-0.05, 0) is 18.2 Å². The van der Waals surface area contributed by atoms with Crippen LogP contribution in [0.15, 0.2) is 48.8 Å². The standard InChI is InChI=1S/C19H18N4O/c1-13-16-4-2-3-5-17(16)24-18(13)11-21-9-15-10-22-19-7-6-14(8-20)12-23(15)19/h2-7,10,12-13,18,21H,9,11H2,1H3/t13-,18-/m1/s1. The lowest BCUT2D eigenvalue weighted by Gasteiger charge is -2.16. The van der Waals surface area contributed by atoms with Crippen LogP contribution < -0.4 is 10.1 Å². The summed E-state index contributed by atoms with van der Waals surface area (Å²) in [5.74, 6) is 1.37. The van der Waals surface area contributed by atoms with Gasteiger partial charge in [-0.3, -0.25) is 0 Å². The molecule has 0 bridgehead atoms. The van der Waals surface area contributed by atoms with Gasteiger partial charge >= 0.3 is 0 Å². The molecule has 2 aromatic heterocycles. The van der Waals surface area contributed by atoms with Crippen molar-refractivity contribution in [3.63, 3.8) is 0 Å². The molecule has 4 rings (SSSR count). The van der Waals surface area contributed by atoms with E-state index in [0.717, 1.165) is 23.6 Å². The van der Waals surface area contributed by atoms with Crippen LogP contribution in [-0.4, -0.2) is 22.0 Å². The Hall–Kier alpha value is -2.84. The lowest BCUT2D eigenvalue weighted by atomic mass is 9.98. The van der Waals surface area contributed by atoms with Gasteiger partial charge in [0.25, 0.3) is 0 Å². The molecule has 0 spiro atoms. The Kier molecular flexibility index (Phi) is 3.68. The van der Waals surface area contributed by atoms with Crippen molar-refractivity contribution in [2.45, 2.75) is 25.5 Å². The van der Waals surface area contributed by atoms with Gasteiger partial charge in [0.1, 0.15) is 23.6 Å². The minimum atomic E-state index is 0.135. The second-order valence-electron chi connectivity index (χ2n) is 6.12. The largest absolute Gasteiger partial charge is 0.488 e. The maximum Gasteiger partial charge on any atom is 0.137 e. The highest BCUT2D eigenvalue weighted by molar-refractivity contribution is 5.44. The number of nitriles is 1. The van der Waals surface area contributed by atoms with Crippen molar-refractivity contribution in [2.24, 2.45) is 0 Å². The van der Waals surface area contributed by atoms with Crippen LogP contribution in [0.2, 0.25) is 0 Å². The molecule has 1 aromatic carbocycles. The molecule has 2 atom stereocenters. The molecule has 0 saturated carbocycles. The van der Waals surface area contributed by atoms with E-state index in [0.29, 0.717) is 18.0 Å². The molecule has 1 aliphatic heterocycles. The number of hydrogen-bond acceptors (Lipinski definition) is 4. The number of benzene rings is 1. The Balaban J connectivity index is 1.43. The number of rotatable bonds is 4. The highest BCUT2D eigenvalue weighted by Gasteiger charge is 2.30. The van der Waals surface area contributed by atoms with Crippen LogP contribution in [0.4, 0.5) is 0 Å². The summed E-state index contributed by atoms with van der Waals surface area (Å²) < 4.78 is 7.99. The van der Waals surface area contributed by atoms with Crippen molar-refractivity contribution in [1.82, 2.24) is 14.7 Å². The molecule has 120 valence electrons. The van der Waals surface area contributed by atoms with Gasteiger partial charge in [0.15, 0.2) is 0 Å². The van der Waals surface area contributed by atoms with E-state index in [1.54, 1.807) is 6.07 Å². The zero-order valence-electron chi connectivity index (χ0n) is 13.4. The molecule has 5 heteroatoms. The smallest absolute Gasteiger partial charge is 0.137 e. The monoisotopic (exact) mass is 318 g/mol. The van der Waals surface area contributed by atoms with E-state index >= 15 is 0 Å². The third-order valence-corrected chi connectivity index (χ3v) is 4.61. The van der Waals surface area contributed by atoms with E-state index in [-0.39, 0.29) is 6.10 Å². The van der Waals surface area contributed by atoms with E-state index in [4.69, 9.17) is 10.00 Å². The van der Waals surface area contributed by atoms with Crippen LogP contribution in [0.3, 0.4) is 0 Å². The average Bonchev–Trinajstić information content (AvgIpc) is 3.16. The molecule has 0 saturated heterocycles. The van der Waals surface area contributed by atoms with E-state index in [1.807, 2.05) is 35.0 Å². The van der Waals surface area contributed by atoms with Crippen molar-refractivity contribution in [2.75, 3.05) is 6.54 Å². The summed E-state index contributed by atoms with van der Waals surface area (Å²) in [6, 6.07) is 14.0. The minimum Gasteiger partial charge on any atom is -0.488 e. The Morgan fingerprint density at radius 3 is 3.00 bits per heavy atom. The zero-order chi connectivity index (χ0) is 16.5. The lowest BCUT2D eigenvalue weighted by Crippen LogP contribution is -2.31. The zero-order valence-corrected chi connectivity index (χ0v) is 13.4. The van der Waals surface area contributed by atoms with Crippen molar-refractivity contribution < 1.29 is 4.74 Å². The van der Waals surface area contributed by atoms with E-state index in [9.17, 15) is 0 Å². The van der Waals surface area contributed by atoms with Crippen LogP contribution in [-0.2, 0) is 6.54 Å². The summed E-state index contributed by atoms with van der Waals surface area (Å²) in [4.78, 5) is 4.37. The Labute approximate surface area is 140 Å². The molecule has 3 aromatic rings. The third kappa shape index (κ3) is 2.51. The predicted octanol–water partition coefficient (Wildman–Crippen LogP) is 2.86. The predicted molar refractivity (Wildman–Crippen MR) is 90.9 cm³/mol. The van der Waals surface area contributed by atoms with Crippen molar-refractivity contribution in [3.05, 3.63) is 65.6 Å². The summed E-state index contributed by atoms with van der Waals surface area (Å²) in [6.45, 7) is 3.64. The maximum atomic E-state index is 9.04. The molecule has 3 heterocycles. The number of imidazole rings is 1. The number of nitrogens with one attached hydrogen (secondary N) is 1. The van der Waals surface area contributed by atoms with Gasteiger partial charge in [0.05, 0.1) is 17.5 Å². The second kappa shape index (κ2) is 5.99. The molecular weight excluding hydrogens is 300 g/mol. The number of hydrogen-bond donors (Lipinski definition) is 1. The fraction of sp³-hybridized carbons (Fsp3) is 0.263. The Morgan fingerprint density at radius 2 is 2.17 bits per heavy atom. The molecule has 0 fully saturated rings. The van der Waals surface area contributed by atoms with Gasteiger partial charge < -0.3 is 14.5 Å². The molecule has 24 heavy (non-hydrogen) atoms. The van der Waals surface area contributed by atoms with Crippen LogP contribution in [0.5, 0.6) is 5.75 Å². The summed E-state index contributed by atoms with van der Waals surface area (Å²) in [7, 11) is 0. The van der Waals surface area contributed by atoms with E-state index in [2.05, 4.69) is 35.4 Å². The maximum absolute atomic E-state index is 9.04. The number of fused-ring (bicyclic) bond motifs is 2. The van der Waals surface area contributed by atoms with Crippen LogP contribution >= 0.6 is 0 Å². The molecule has 0 aliphatic carbocycles. The van der Waals surface area contributed by atoms with Crippen molar-refractivity contribution >= 4 is 5.65 Å². The van der Waals surface area contributed by atoms with Crippen molar-refractivity contribution in [1.29, 1.82) is 5.26 Å². The average molecular weight is 318 g/mol. The first-order valence-corrected chi connectivity index (χ1v) is 8.08. The van der Waals surface area contributed by atoms with Crippen LogP contribution in [0.1, 0.15) is 29.7 Å². The molecule has 5 nitrogen and oxygen atoms in total. The number of nitrogens with zero attached hydrogens (tertiary/aromatic N) is 3. The summed E-state index contributed by atoms with van der Waals surface area (Å²) >= 11 is 0. The lowest BCUT2D eigenvalue weighted by molar-refractivity contribution is 0.206. The fourth-order valence-electron chi connectivity index (χ4n) is 3.22. The number of aromatic nitrogens is 2. The Bertz CT molecular complexity index is 925. The minimum absolute atomic E-state index is 0.135. The second-order valence-corrected chi connectivity index (χ2v) is 6.12. The molecule has 1 aliphatic rings. The summed E-state index contributed by atoms with van der Waals surface area (Å²) in [6.07, 6.45) is 3.80. The normalized spacial score (nSPS) is 19.0. The van der Waals surface area contributed by atoms with E-state index in [1.165, 1.54) is 5.56 Å².